The highest BCUT2D eigenvalue weighted by Crippen LogP contribution is 2.16. The summed E-state index contributed by atoms with van der Waals surface area (Å²) in [6.45, 7) is -0.535. The van der Waals surface area contributed by atoms with Crippen LogP contribution in [0.3, 0.4) is 0 Å². The lowest BCUT2D eigenvalue weighted by atomic mass is 10.2. The number of carboxylic acid groups (broad SMARTS) is 1. The van der Waals surface area contributed by atoms with Gasteiger partial charge < -0.3 is 10.0 Å². The molecule has 1 fully saturated rings. The van der Waals surface area contributed by atoms with Crippen LogP contribution in [0.5, 0.6) is 0 Å². The van der Waals surface area contributed by atoms with E-state index in [2.05, 4.69) is 0 Å². The molecule has 0 aliphatic carbocycles. The SMILES string of the molecule is O=C(O)CN1C(=O)CN(c2ccccc2)CC1=O. The summed E-state index contributed by atoms with van der Waals surface area (Å²) in [7, 11) is 0. The third-order valence-electron chi connectivity index (χ3n) is 2.67. The van der Waals surface area contributed by atoms with Crippen molar-refractivity contribution in [1.82, 2.24) is 4.90 Å². The summed E-state index contributed by atoms with van der Waals surface area (Å²) >= 11 is 0. The lowest BCUT2D eigenvalue weighted by Gasteiger charge is -2.33. The number of carbonyl (C=O) groups is 3. The zero-order valence-corrected chi connectivity index (χ0v) is 9.57. The summed E-state index contributed by atoms with van der Waals surface area (Å²) in [5, 5.41) is 8.62. The minimum atomic E-state index is -1.19. The fourth-order valence-corrected chi connectivity index (χ4v) is 1.83. The van der Waals surface area contributed by atoms with Gasteiger partial charge in [-0.1, -0.05) is 18.2 Å². The summed E-state index contributed by atoms with van der Waals surface area (Å²) in [6.07, 6.45) is 0. The highest BCUT2D eigenvalue weighted by Gasteiger charge is 2.32. The predicted octanol–water partition coefficient (Wildman–Crippen LogP) is -0.0536. The third-order valence-corrected chi connectivity index (χ3v) is 2.67. The Bertz CT molecular complexity index is 468. The molecule has 2 rings (SSSR count). The van der Waals surface area contributed by atoms with Crippen LogP contribution >= 0.6 is 0 Å². The predicted molar refractivity (Wildman–Crippen MR) is 63.0 cm³/mol. The minimum absolute atomic E-state index is 0.0169. The molecule has 1 N–H and O–H groups in total. The number of anilines is 1. The fourth-order valence-electron chi connectivity index (χ4n) is 1.83. The Labute approximate surface area is 103 Å². The molecule has 1 aromatic carbocycles. The number of benzene rings is 1. The lowest BCUT2D eigenvalue weighted by molar-refractivity contribution is -0.153. The van der Waals surface area contributed by atoms with Gasteiger partial charge in [0.05, 0.1) is 13.1 Å². The summed E-state index contributed by atoms with van der Waals surface area (Å²) in [5.41, 5.74) is 0.772. The molecule has 1 saturated heterocycles. The molecule has 6 nitrogen and oxygen atoms in total. The molecule has 94 valence electrons. The summed E-state index contributed by atoms with van der Waals surface area (Å²) < 4.78 is 0. The van der Waals surface area contributed by atoms with E-state index in [1.807, 2.05) is 18.2 Å². The molecule has 0 aromatic heterocycles. The van der Waals surface area contributed by atoms with Crippen LogP contribution in [0.15, 0.2) is 30.3 Å². The topological polar surface area (TPSA) is 77.9 Å². The molecular weight excluding hydrogens is 236 g/mol. The van der Waals surface area contributed by atoms with E-state index in [4.69, 9.17) is 5.11 Å². The largest absolute Gasteiger partial charge is 0.480 e. The second kappa shape index (κ2) is 4.87. The van der Waals surface area contributed by atoms with Gasteiger partial charge in [-0.3, -0.25) is 19.3 Å². The van der Waals surface area contributed by atoms with Crippen molar-refractivity contribution in [3.8, 4) is 0 Å². The average molecular weight is 248 g/mol. The van der Waals surface area contributed by atoms with Gasteiger partial charge in [0, 0.05) is 5.69 Å². The average Bonchev–Trinajstić information content (AvgIpc) is 2.34. The van der Waals surface area contributed by atoms with Crippen molar-refractivity contribution < 1.29 is 19.5 Å². The number of rotatable bonds is 3. The Hall–Kier alpha value is -2.37. The molecule has 1 heterocycles. The molecule has 0 bridgehead atoms. The molecule has 2 amide bonds. The molecule has 18 heavy (non-hydrogen) atoms. The zero-order valence-electron chi connectivity index (χ0n) is 9.57. The van der Waals surface area contributed by atoms with E-state index < -0.39 is 24.3 Å². The summed E-state index contributed by atoms with van der Waals surface area (Å²) in [6, 6.07) is 9.07. The van der Waals surface area contributed by atoms with Crippen LogP contribution in [-0.4, -0.2) is 47.4 Å². The standard InChI is InChI=1S/C12H12N2O4/c15-10-6-13(9-4-2-1-3-5-9)7-11(16)14(10)8-12(17)18/h1-5H,6-8H2,(H,17,18). The zero-order chi connectivity index (χ0) is 13.1. The number of aliphatic carboxylic acids is 1. The second-order valence-corrected chi connectivity index (χ2v) is 3.96. The highest BCUT2D eigenvalue weighted by atomic mass is 16.4. The third kappa shape index (κ3) is 2.48. The number of carboxylic acids is 1. The van der Waals surface area contributed by atoms with Crippen molar-refractivity contribution in [3.05, 3.63) is 30.3 Å². The Morgan fingerprint density at radius 1 is 1.11 bits per heavy atom. The maximum Gasteiger partial charge on any atom is 0.323 e. The molecule has 0 radical (unpaired) electrons. The molecule has 0 saturated carbocycles. The van der Waals surface area contributed by atoms with Crippen LogP contribution in [0.25, 0.3) is 0 Å². The lowest BCUT2D eigenvalue weighted by Crippen LogP contribution is -2.55. The van der Waals surface area contributed by atoms with Crippen molar-refractivity contribution in [2.24, 2.45) is 0 Å². The quantitative estimate of drug-likeness (QED) is 0.758. The molecule has 0 spiro atoms. The van der Waals surface area contributed by atoms with E-state index in [0.717, 1.165) is 10.6 Å². The molecule has 1 aromatic rings. The van der Waals surface area contributed by atoms with Gasteiger partial charge in [-0.15, -0.1) is 0 Å². The highest BCUT2D eigenvalue weighted by molar-refractivity contribution is 6.04. The monoisotopic (exact) mass is 248 g/mol. The number of carbonyl (C=O) groups excluding carboxylic acids is 2. The molecule has 0 atom stereocenters. The first-order valence-electron chi connectivity index (χ1n) is 5.43. The van der Waals surface area contributed by atoms with Gasteiger partial charge in [-0.05, 0) is 12.1 Å². The van der Waals surface area contributed by atoms with Crippen LogP contribution in [0, 0.1) is 0 Å². The smallest absolute Gasteiger partial charge is 0.323 e. The van der Waals surface area contributed by atoms with Crippen LogP contribution in [0.4, 0.5) is 5.69 Å². The van der Waals surface area contributed by atoms with Crippen LogP contribution in [0.2, 0.25) is 0 Å². The molecule has 0 unspecified atom stereocenters. The molecular formula is C12H12N2O4. The van der Waals surface area contributed by atoms with E-state index in [1.165, 1.54) is 0 Å². The van der Waals surface area contributed by atoms with Crippen LogP contribution < -0.4 is 4.90 Å². The number of piperazine rings is 1. The van der Waals surface area contributed by atoms with Crippen molar-refractivity contribution >= 4 is 23.5 Å². The van der Waals surface area contributed by atoms with E-state index in [1.54, 1.807) is 17.0 Å². The maximum atomic E-state index is 11.7. The van der Waals surface area contributed by atoms with E-state index in [9.17, 15) is 14.4 Å². The number of hydrogen-bond acceptors (Lipinski definition) is 4. The van der Waals surface area contributed by atoms with Crippen molar-refractivity contribution in [1.29, 1.82) is 0 Å². The van der Waals surface area contributed by atoms with E-state index >= 15 is 0 Å². The van der Waals surface area contributed by atoms with Crippen LogP contribution in [0.1, 0.15) is 0 Å². The number of nitrogens with zero attached hydrogens (tertiary/aromatic N) is 2. The maximum absolute atomic E-state index is 11.7. The van der Waals surface area contributed by atoms with Gasteiger partial charge in [0.1, 0.15) is 6.54 Å². The fraction of sp³-hybridized carbons (Fsp3) is 0.250. The second-order valence-electron chi connectivity index (χ2n) is 3.96. The number of amides is 2. The van der Waals surface area contributed by atoms with E-state index in [-0.39, 0.29) is 13.1 Å². The first kappa shape index (κ1) is 12.1. The van der Waals surface area contributed by atoms with Crippen molar-refractivity contribution in [2.75, 3.05) is 24.5 Å². The Morgan fingerprint density at radius 3 is 2.17 bits per heavy atom. The van der Waals surface area contributed by atoms with Gasteiger partial charge in [0.2, 0.25) is 11.8 Å². The number of imide groups is 1. The first-order chi connectivity index (χ1) is 8.58. The minimum Gasteiger partial charge on any atom is -0.480 e. The van der Waals surface area contributed by atoms with Gasteiger partial charge in [0.15, 0.2) is 0 Å². The van der Waals surface area contributed by atoms with Gasteiger partial charge in [-0.2, -0.15) is 0 Å². The number of para-hydroxylation sites is 1. The van der Waals surface area contributed by atoms with E-state index in [0.29, 0.717) is 0 Å². The number of hydrogen-bond donors (Lipinski definition) is 1. The van der Waals surface area contributed by atoms with Gasteiger partial charge in [-0.25, -0.2) is 0 Å². The Morgan fingerprint density at radius 2 is 1.67 bits per heavy atom. The van der Waals surface area contributed by atoms with Crippen LogP contribution in [-0.2, 0) is 14.4 Å². The first-order valence-corrected chi connectivity index (χ1v) is 5.43. The van der Waals surface area contributed by atoms with Crippen molar-refractivity contribution in [3.63, 3.8) is 0 Å². The summed E-state index contributed by atoms with van der Waals surface area (Å²) in [4.78, 5) is 36.4. The normalized spacial score (nSPS) is 16.0. The molecule has 1 aliphatic heterocycles. The molecule has 6 heteroatoms. The summed E-state index contributed by atoms with van der Waals surface area (Å²) in [5.74, 6) is -2.17. The van der Waals surface area contributed by atoms with Gasteiger partial charge in [0.25, 0.3) is 0 Å². The Balaban J connectivity index is 2.12. The van der Waals surface area contributed by atoms with Crippen molar-refractivity contribution in [2.45, 2.75) is 0 Å². The Kier molecular flexibility index (Phi) is 3.27. The van der Waals surface area contributed by atoms with Gasteiger partial charge >= 0.3 is 5.97 Å². The molecule has 1 aliphatic rings.